The van der Waals surface area contributed by atoms with Gasteiger partial charge in [-0.25, -0.2) is 9.67 Å². The average molecular weight is 390 g/mol. The van der Waals surface area contributed by atoms with Gasteiger partial charge in [-0.15, -0.1) is 0 Å². The monoisotopic (exact) mass is 390 g/mol. The zero-order valence-electron chi connectivity index (χ0n) is 16.6. The van der Waals surface area contributed by atoms with Crippen molar-refractivity contribution in [3.8, 4) is 0 Å². The van der Waals surface area contributed by atoms with E-state index in [4.69, 9.17) is 4.98 Å². The third-order valence-corrected chi connectivity index (χ3v) is 6.03. The Morgan fingerprint density at radius 2 is 1.72 bits per heavy atom. The van der Waals surface area contributed by atoms with Gasteiger partial charge in [0.1, 0.15) is 5.82 Å². The number of nitrogens with zero attached hydrogens (tertiary/aromatic N) is 6. The highest BCUT2D eigenvalue weighted by molar-refractivity contribution is 5.75. The average Bonchev–Trinajstić information content (AvgIpc) is 2.78. The van der Waals surface area contributed by atoms with Crippen LogP contribution in [0.1, 0.15) is 24.1 Å². The number of piperazine rings is 1. The van der Waals surface area contributed by atoms with Gasteiger partial charge in [0.15, 0.2) is 0 Å². The highest BCUT2D eigenvalue weighted by Gasteiger charge is 2.19. The first-order chi connectivity index (χ1) is 14.3. The minimum atomic E-state index is 0.0377. The second-order valence-corrected chi connectivity index (χ2v) is 7.93. The van der Waals surface area contributed by atoms with Crippen molar-refractivity contribution in [2.24, 2.45) is 0 Å². The predicted molar refractivity (Wildman–Crippen MR) is 113 cm³/mol. The van der Waals surface area contributed by atoms with E-state index in [9.17, 15) is 4.79 Å². The summed E-state index contributed by atoms with van der Waals surface area (Å²) >= 11 is 0. The topological polar surface area (TPSA) is 67.2 Å². The van der Waals surface area contributed by atoms with Gasteiger partial charge in [-0.2, -0.15) is 5.10 Å². The Hall–Kier alpha value is -2.80. The largest absolute Gasteiger partial charge is 0.353 e. The molecule has 1 aromatic carbocycles. The van der Waals surface area contributed by atoms with Gasteiger partial charge >= 0.3 is 0 Å². The molecular formula is C22H26N6O. The van der Waals surface area contributed by atoms with Crippen LogP contribution in [-0.2, 0) is 19.4 Å². The molecule has 3 aromatic rings. The fourth-order valence-corrected chi connectivity index (χ4v) is 4.30. The van der Waals surface area contributed by atoms with Crippen molar-refractivity contribution in [3.05, 3.63) is 58.1 Å². The quantitative estimate of drug-likeness (QED) is 0.678. The Labute approximate surface area is 170 Å². The van der Waals surface area contributed by atoms with Crippen LogP contribution in [0.25, 0.3) is 11.0 Å². The molecule has 29 heavy (non-hydrogen) atoms. The number of fused-ring (bicyclic) bond motifs is 2. The Bertz CT molecular complexity index is 1070. The summed E-state index contributed by atoms with van der Waals surface area (Å²) in [4.78, 5) is 26.4. The molecule has 7 nitrogen and oxygen atoms in total. The number of rotatable bonds is 4. The lowest BCUT2D eigenvalue weighted by atomic mass is 9.97. The molecule has 0 bridgehead atoms. The normalized spacial score (nSPS) is 17.4. The summed E-state index contributed by atoms with van der Waals surface area (Å²) in [6.45, 7) is 5.24. The Morgan fingerprint density at radius 1 is 0.931 bits per heavy atom. The molecule has 1 fully saturated rings. The molecule has 0 amide bonds. The van der Waals surface area contributed by atoms with Crippen LogP contribution in [0, 0.1) is 0 Å². The van der Waals surface area contributed by atoms with Crippen molar-refractivity contribution >= 4 is 16.9 Å². The van der Waals surface area contributed by atoms with E-state index < -0.39 is 0 Å². The maximum Gasteiger partial charge on any atom is 0.267 e. The first-order valence-electron chi connectivity index (χ1n) is 10.6. The maximum absolute atomic E-state index is 12.4. The second-order valence-electron chi connectivity index (χ2n) is 7.93. The summed E-state index contributed by atoms with van der Waals surface area (Å²) in [5.74, 6) is 0.941. The summed E-state index contributed by atoms with van der Waals surface area (Å²) < 4.78 is 1.66. The molecule has 0 atom stereocenters. The van der Waals surface area contributed by atoms with Crippen molar-refractivity contribution in [2.45, 2.75) is 32.2 Å². The van der Waals surface area contributed by atoms with Gasteiger partial charge in [-0.3, -0.25) is 14.7 Å². The lowest BCUT2D eigenvalue weighted by Crippen LogP contribution is -2.48. The molecule has 0 unspecified atom stereocenters. The standard InChI is InChI=1S/C22H26N6O/c29-22-15-17-5-1-2-6-18(17)25-28(22)14-11-26-9-12-27(13-10-26)21-16-23-19-7-3-4-8-20(19)24-21/h3-4,7-8,15-16H,1-2,5-6,9-14H2. The number of hydrogen-bond acceptors (Lipinski definition) is 6. The molecule has 0 saturated carbocycles. The van der Waals surface area contributed by atoms with Gasteiger partial charge in [-0.05, 0) is 43.4 Å². The molecule has 1 saturated heterocycles. The molecule has 2 aromatic heterocycles. The van der Waals surface area contributed by atoms with Crippen molar-refractivity contribution < 1.29 is 0 Å². The Kier molecular flexibility index (Phi) is 4.97. The fourth-order valence-electron chi connectivity index (χ4n) is 4.30. The van der Waals surface area contributed by atoms with Crippen LogP contribution in [0.2, 0.25) is 0 Å². The van der Waals surface area contributed by atoms with Crippen LogP contribution < -0.4 is 10.5 Å². The second kappa shape index (κ2) is 7.91. The highest BCUT2D eigenvalue weighted by Crippen LogP contribution is 2.18. The molecule has 2 aliphatic rings. The van der Waals surface area contributed by atoms with Crippen molar-refractivity contribution in [1.82, 2.24) is 24.6 Å². The van der Waals surface area contributed by atoms with Crippen LogP contribution in [0.4, 0.5) is 5.82 Å². The van der Waals surface area contributed by atoms with Crippen molar-refractivity contribution in [3.63, 3.8) is 0 Å². The number of para-hydroxylation sites is 2. The van der Waals surface area contributed by atoms with Gasteiger partial charge < -0.3 is 4.90 Å². The van der Waals surface area contributed by atoms with E-state index in [0.717, 1.165) is 73.7 Å². The number of hydrogen-bond donors (Lipinski definition) is 0. The molecular weight excluding hydrogens is 364 g/mol. The first kappa shape index (κ1) is 18.2. The maximum atomic E-state index is 12.4. The minimum Gasteiger partial charge on any atom is -0.353 e. The molecule has 0 spiro atoms. The molecule has 3 heterocycles. The third kappa shape index (κ3) is 3.87. The van der Waals surface area contributed by atoms with Crippen molar-refractivity contribution in [1.29, 1.82) is 0 Å². The first-order valence-corrected chi connectivity index (χ1v) is 10.6. The third-order valence-electron chi connectivity index (χ3n) is 6.03. The zero-order valence-corrected chi connectivity index (χ0v) is 16.6. The van der Waals surface area contributed by atoms with E-state index in [2.05, 4.69) is 19.9 Å². The van der Waals surface area contributed by atoms with Crippen LogP contribution in [0.15, 0.2) is 41.3 Å². The molecule has 0 radical (unpaired) electrons. The van der Waals surface area contributed by atoms with E-state index in [1.165, 1.54) is 12.8 Å². The lowest BCUT2D eigenvalue weighted by molar-refractivity contribution is 0.241. The van der Waals surface area contributed by atoms with E-state index >= 15 is 0 Å². The summed E-state index contributed by atoms with van der Waals surface area (Å²) in [5, 5.41) is 4.64. The number of anilines is 1. The molecule has 7 heteroatoms. The fraction of sp³-hybridized carbons (Fsp3) is 0.455. The van der Waals surface area contributed by atoms with E-state index in [-0.39, 0.29) is 5.56 Å². The minimum absolute atomic E-state index is 0.0377. The van der Waals surface area contributed by atoms with Crippen LogP contribution in [0.3, 0.4) is 0 Å². The van der Waals surface area contributed by atoms with Crippen LogP contribution >= 0.6 is 0 Å². The van der Waals surface area contributed by atoms with E-state index in [1.54, 1.807) is 10.7 Å². The predicted octanol–water partition coefficient (Wildman–Crippen LogP) is 1.89. The summed E-state index contributed by atoms with van der Waals surface area (Å²) in [5.41, 5.74) is 4.18. The van der Waals surface area contributed by atoms with Gasteiger partial charge in [-0.1, -0.05) is 12.1 Å². The zero-order chi connectivity index (χ0) is 19.6. The Balaban J connectivity index is 1.19. The highest BCUT2D eigenvalue weighted by atomic mass is 16.1. The van der Waals surface area contributed by atoms with E-state index in [0.29, 0.717) is 6.54 Å². The van der Waals surface area contributed by atoms with Crippen LogP contribution in [0.5, 0.6) is 0 Å². The van der Waals surface area contributed by atoms with E-state index in [1.807, 2.05) is 30.5 Å². The Morgan fingerprint density at radius 3 is 2.59 bits per heavy atom. The van der Waals surface area contributed by atoms with Crippen molar-refractivity contribution in [2.75, 3.05) is 37.6 Å². The van der Waals surface area contributed by atoms with Gasteiger partial charge in [0.25, 0.3) is 5.56 Å². The summed E-state index contributed by atoms with van der Waals surface area (Å²) in [6.07, 6.45) is 6.22. The molecule has 1 aliphatic heterocycles. The molecule has 5 rings (SSSR count). The summed E-state index contributed by atoms with van der Waals surface area (Å²) in [7, 11) is 0. The van der Waals surface area contributed by atoms with Gasteiger partial charge in [0.05, 0.1) is 29.5 Å². The number of benzene rings is 1. The SMILES string of the molecule is O=c1cc2c(nn1CCN1CCN(c3cnc4ccccc4n3)CC1)CCCC2. The smallest absolute Gasteiger partial charge is 0.267 e. The molecule has 0 N–H and O–H groups in total. The van der Waals surface area contributed by atoms with Gasteiger partial charge in [0, 0.05) is 38.8 Å². The van der Waals surface area contributed by atoms with Crippen LogP contribution in [-0.4, -0.2) is 57.4 Å². The number of aryl methyl sites for hydroxylation is 2. The summed E-state index contributed by atoms with van der Waals surface area (Å²) in [6, 6.07) is 9.78. The lowest BCUT2D eigenvalue weighted by Gasteiger charge is -2.35. The molecule has 150 valence electrons. The number of aromatic nitrogens is 4. The van der Waals surface area contributed by atoms with Gasteiger partial charge in [0.2, 0.25) is 0 Å². The molecule has 1 aliphatic carbocycles.